The van der Waals surface area contributed by atoms with E-state index in [2.05, 4.69) is 14.9 Å². The van der Waals surface area contributed by atoms with E-state index in [1.807, 2.05) is 0 Å². The largest absolute Gasteiger partial charge is 0.351 e. The number of nitrogens with zero attached hydrogens (tertiary/aromatic N) is 2. The molecule has 1 aliphatic rings. The van der Waals surface area contributed by atoms with Crippen LogP contribution in [0.1, 0.15) is 35.4 Å². The van der Waals surface area contributed by atoms with Gasteiger partial charge in [-0.2, -0.15) is 0 Å². The van der Waals surface area contributed by atoms with Gasteiger partial charge in [0.1, 0.15) is 4.88 Å². The predicted octanol–water partition coefficient (Wildman–Crippen LogP) is 2.09. The van der Waals surface area contributed by atoms with E-state index in [0.29, 0.717) is 17.7 Å². The highest BCUT2D eigenvalue weighted by molar-refractivity contribution is 7.07. The number of aromatic nitrogens is 2. The van der Waals surface area contributed by atoms with Gasteiger partial charge in [-0.3, -0.25) is 4.79 Å². The predicted molar refractivity (Wildman–Crippen MR) is 59.1 cm³/mol. The van der Waals surface area contributed by atoms with Crippen LogP contribution in [0.2, 0.25) is 0 Å². The summed E-state index contributed by atoms with van der Waals surface area (Å²) in [6, 6.07) is 0. The van der Waals surface area contributed by atoms with Crippen molar-refractivity contribution in [3.05, 3.63) is 11.1 Å². The number of halogens is 2. The normalized spacial score (nSPS) is 23.3. The van der Waals surface area contributed by atoms with Gasteiger partial charge in [-0.15, -0.1) is 5.10 Å². The Balaban J connectivity index is 1.87. The highest BCUT2D eigenvalue weighted by Crippen LogP contribution is 2.37. The molecule has 1 fully saturated rings. The second-order valence-electron chi connectivity index (χ2n) is 4.20. The van der Waals surface area contributed by atoms with Crippen molar-refractivity contribution in [2.45, 2.75) is 31.6 Å². The first-order valence-electron chi connectivity index (χ1n) is 5.53. The maximum atomic E-state index is 13.5. The van der Waals surface area contributed by atoms with Crippen molar-refractivity contribution in [2.24, 2.45) is 5.92 Å². The van der Waals surface area contributed by atoms with Crippen molar-refractivity contribution in [1.29, 1.82) is 0 Å². The van der Waals surface area contributed by atoms with E-state index in [1.54, 1.807) is 0 Å². The van der Waals surface area contributed by atoms with Crippen molar-refractivity contribution in [1.82, 2.24) is 14.9 Å². The van der Waals surface area contributed by atoms with E-state index in [1.165, 1.54) is 6.20 Å². The summed E-state index contributed by atoms with van der Waals surface area (Å²) in [5, 5.41) is 6.05. The van der Waals surface area contributed by atoms with Crippen LogP contribution in [0.3, 0.4) is 0 Å². The van der Waals surface area contributed by atoms with Gasteiger partial charge in [0.15, 0.2) is 0 Å². The summed E-state index contributed by atoms with van der Waals surface area (Å²) < 4.78 is 30.5. The van der Waals surface area contributed by atoms with Gasteiger partial charge in [0.2, 0.25) is 0 Å². The standard InChI is InChI=1S/C10H13F2N3OS/c11-10(12)4-2-1-3-7(10)5-13-9(16)8-6-14-15-17-8/h6-7H,1-5H2,(H,13,16). The van der Waals surface area contributed by atoms with Crippen LogP contribution in [0.5, 0.6) is 0 Å². The fraction of sp³-hybridized carbons (Fsp3) is 0.700. The van der Waals surface area contributed by atoms with Crippen LogP contribution in [0.4, 0.5) is 8.78 Å². The average Bonchev–Trinajstić information content (AvgIpc) is 2.80. The Morgan fingerprint density at radius 3 is 3.06 bits per heavy atom. The second kappa shape index (κ2) is 5.03. The number of nitrogens with one attached hydrogen (secondary N) is 1. The molecule has 0 radical (unpaired) electrons. The lowest BCUT2D eigenvalue weighted by Crippen LogP contribution is -2.40. The van der Waals surface area contributed by atoms with Gasteiger partial charge < -0.3 is 5.32 Å². The number of carbonyl (C=O) groups is 1. The Bertz CT molecular complexity index is 383. The Morgan fingerprint density at radius 2 is 2.41 bits per heavy atom. The number of rotatable bonds is 3. The molecule has 7 heteroatoms. The first-order valence-corrected chi connectivity index (χ1v) is 6.30. The highest BCUT2D eigenvalue weighted by atomic mass is 32.1. The minimum absolute atomic E-state index is 0.0176. The van der Waals surface area contributed by atoms with Crippen LogP contribution in [0.25, 0.3) is 0 Å². The summed E-state index contributed by atoms with van der Waals surface area (Å²) in [5.74, 6) is -3.78. The molecule has 1 aromatic rings. The molecule has 4 nitrogen and oxygen atoms in total. The smallest absolute Gasteiger partial charge is 0.264 e. The third-order valence-corrected chi connectivity index (χ3v) is 3.67. The molecule has 0 spiro atoms. The van der Waals surface area contributed by atoms with E-state index in [-0.39, 0.29) is 18.9 Å². The molecule has 1 atom stereocenters. The Kier molecular flexibility index (Phi) is 3.66. The lowest BCUT2D eigenvalue weighted by Gasteiger charge is -2.31. The van der Waals surface area contributed by atoms with Crippen molar-refractivity contribution in [3.8, 4) is 0 Å². The molecule has 1 amide bonds. The summed E-state index contributed by atoms with van der Waals surface area (Å²) >= 11 is 0.957. The van der Waals surface area contributed by atoms with E-state index in [9.17, 15) is 13.6 Å². The fourth-order valence-corrected chi connectivity index (χ4v) is 2.42. The summed E-state index contributed by atoms with van der Waals surface area (Å²) in [6.45, 7) is 0.0176. The molecule has 17 heavy (non-hydrogen) atoms. The number of hydrogen-bond donors (Lipinski definition) is 1. The minimum Gasteiger partial charge on any atom is -0.351 e. The zero-order valence-electron chi connectivity index (χ0n) is 9.16. The van der Waals surface area contributed by atoms with Crippen molar-refractivity contribution in [3.63, 3.8) is 0 Å². The lowest BCUT2D eigenvalue weighted by atomic mass is 9.85. The van der Waals surface area contributed by atoms with Gasteiger partial charge in [0, 0.05) is 18.9 Å². The third kappa shape index (κ3) is 2.96. The van der Waals surface area contributed by atoms with Crippen LogP contribution >= 0.6 is 11.5 Å². The zero-order chi connectivity index (χ0) is 12.3. The van der Waals surface area contributed by atoms with Crippen LogP contribution in [0.15, 0.2) is 6.20 Å². The quantitative estimate of drug-likeness (QED) is 0.906. The SMILES string of the molecule is O=C(NCC1CCCCC1(F)F)c1cnns1. The molecule has 0 saturated heterocycles. The molecule has 1 heterocycles. The number of amides is 1. The highest BCUT2D eigenvalue weighted by Gasteiger charge is 2.41. The van der Waals surface area contributed by atoms with Gasteiger partial charge in [0.25, 0.3) is 11.8 Å². The van der Waals surface area contributed by atoms with E-state index >= 15 is 0 Å². The lowest BCUT2D eigenvalue weighted by molar-refractivity contribution is -0.0834. The monoisotopic (exact) mass is 261 g/mol. The van der Waals surface area contributed by atoms with Crippen molar-refractivity contribution in [2.75, 3.05) is 6.54 Å². The van der Waals surface area contributed by atoms with Crippen molar-refractivity contribution >= 4 is 17.4 Å². The number of hydrogen-bond acceptors (Lipinski definition) is 4. The minimum atomic E-state index is -2.66. The topological polar surface area (TPSA) is 54.9 Å². The Labute approximate surface area is 102 Å². The summed E-state index contributed by atoms with van der Waals surface area (Å²) in [4.78, 5) is 11.9. The average molecular weight is 261 g/mol. The number of alkyl halides is 2. The first kappa shape index (κ1) is 12.3. The van der Waals surface area contributed by atoms with Crippen molar-refractivity contribution < 1.29 is 13.6 Å². The molecule has 1 unspecified atom stereocenters. The van der Waals surface area contributed by atoms with E-state index in [4.69, 9.17) is 0 Å². The summed E-state index contributed by atoms with van der Waals surface area (Å²) in [6.07, 6.45) is 3.09. The van der Waals surface area contributed by atoms with E-state index < -0.39 is 11.8 Å². The number of carbonyl (C=O) groups excluding carboxylic acids is 1. The molecule has 1 saturated carbocycles. The summed E-state index contributed by atoms with van der Waals surface area (Å²) in [5.41, 5.74) is 0. The fourth-order valence-electron chi connectivity index (χ4n) is 1.99. The molecular weight excluding hydrogens is 248 g/mol. The zero-order valence-corrected chi connectivity index (χ0v) is 9.97. The molecule has 1 aliphatic carbocycles. The molecule has 2 rings (SSSR count). The molecule has 94 valence electrons. The van der Waals surface area contributed by atoms with Crippen LogP contribution < -0.4 is 5.32 Å². The first-order chi connectivity index (χ1) is 8.09. The molecular formula is C10H13F2N3OS. The van der Waals surface area contributed by atoms with Crippen LogP contribution in [0, 0.1) is 5.92 Å². The maximum absolute atomic E-state index is 13.5. The molecule has 1 aromatic heterocycles. The summed E-state index contributed by atoms with van der Waals surface area (Å²) in [7, 11) is 0. The van der Waals surface area contributed by atoms with Gasteiger partial charge in [-0.05, 0) is 24.4 Å². The van der Waals surface area contributed by atoms with Crippen LogP contribution in [-0.2, 0) is 0 Å². The van der Waals surface area contributed by atoms with Crippen LogP contribution in [-0.4, -0.2) is 28.0 Å². The second-order valence-corrected chi connectivity index (χ2v) is 4.98. The Hall–Kier alpha value is -1.11. The third-order valence-electron chi connectivity index (χ3n) is 3.00. The molecule has 0 bridgehead atoms. The van der Waals surface area contributed by atoms with Gasteiger partial charge in [-0.25, -0.2) is 8.78 Å². The molecule has 0 aromatic carbocycles. The molecule has 1 N–H and O–H groups in total. The molecule has 0 aliphatic heterocycles. The van der Waals surface area contributed by atoms with E-state index in [0.717, 1.165) is 18.0 Å². The van der Waals surface area contributed by atoms with Gasteiger partial charge in [0.05, 0.1) is 6.20 Å². The maximum Gasteiger partial charge on any atom is 0.264 e. The Morgan fingerprint density at radius 1 is 1.59 bits per heavy atom. The van der Waals surface area contributed by atoms with Gasteiger partial charge >= 0.3 is 0 Å². The van der Waals surface area contributed by atoms with Gasteiger partial charge in [-0.1, -0.05) is 10.9 Å².